The van der Waals surface area contributed by atoms with Gasteiger partial charge in [0.05, 0.1) is 0 Å². The van der Waals surface area contributed by atoms with Crippen LogP contribution in [0.2, 0.25) is 0 Å². The van der Waals surface area contributed by atoms with Gasteiger partial charge in [-0.25, -0.2) is 9.59 Å². The highest BCUT2D eigenvalue weighted by Gasteiger charge is 2.05. The minimum atomic E-state index is -0.938. The molecule has 0 spiro atoms. The summed E-state index contributed by atoms with van der Waals surface area (Å²) in [7, 11) is 0. The number of carbonyl (C=O) groups excluding carboxylic acids is 2. The fourth-order valence-electron chi connectivity index (χ4n) is 2.79. The van der Waals surface area contributed by atoms with E-state index < -0.39 is 12.1 Å². The van der Waals surface area contributed by atoms with Gasteiger partial charge in [-0.05, 0) is 32.3 Å². The van der Waals surface area contributed by atoms with Crippen LogP contribution in [0.25, 0.3) is 32.3 Å². The maximum Gasteiger partial charge on any atom is 0.320 e. The van der Waals surface area contributed by atoms with E-state index in [4.69, 9.17) is 0 Å². The first-order chi connectivity index (χ1) is 11.1. The first kappa shape index (κ1) is 14.6. The molecule has 0 aliphatic carbocycles. The lowest BCUT2D eigenvalue weighted by Crippen LogP contribution is -2.38. The van der Waals surface area contributed by atoms with E-state index in [1.807, 2.05) is 0 Å². The van der Waals surface area contributed by atoms with E-state index in [9.17, 15) is 9.59 Å². The normalized spacial score (nSPS) is 10.4. The molecule has 0 aromatic heterocycles. The molecular formula is C18H15N3O2. The van der Waals surface area contributed by atoms with Crippen molar-refractivity contribution >= 4 is 44.4 Å². The van der Waals surface area contributed by atoms with E-state index in [0.717, 1.165) is 0 Å². The Bertz CT molecular complexity index is 869. The molecule has 0 radical (unpaired) electrons. The average molecular weight is 305 g/mol. The van der Waals surface area contributed by atoms with Crippen molar-refractivity contribution in [2.45, 2.75) is 0 Å². The summed E-state index contributed by atoms with van der Waals surface area (Å²) < 4.78 is 0. The predicted molar refractivity (Wildman–Crippen MR) is 92.4 cm³/mol. The number of hydrogen-bond donors (Lipinski definition) is 3. The SMILES string of the molecule is NC(=O)NC(N)=O.c1cc2ccc3cccc4ccc(c1)c2c34. The molecule has 5 N–H and O–H groups in total. The fraction of sp³-hybridized carbons (Fsp3) is 0. The first-order valence-corrected chi connectivity index (χ1v) is 7.04. The van der Waals surface area contributed by atoms with Crippen LogP contribution in [0.15, 0.2) is 60.7 Å². The van der Waals surface area contributed by atoms with Gasteiger partial charge >= 0.3 is 12.1 Å². The number of primary amides is 2. The van der Waals surface area contributed by atoms with Crippen LogP contribution in [-0.2, 0) is 0 Å². The molecule has 4 aromatic carbocycles. The van der Waals surface area contributed by atoms with Crippen LogP contribution < -0.4 is 16.8 Å². The quantitative estimate of drug-likeness (QED) is 0.434. The van der Waals surface area contributed by atoms with Gasteiger partial charge < -0.3 is 11.5 Å². The molecule has 0 aliphatic heterocycles. The van der Waals surface area contributed by atoms with Gasteiger partial charge in [0.2, 0.25) is 0 Å². The molecular weight excluding hydrogens is 290 g/mol. The van der Waals surface area contributed by atoms with Crippen LogP contribution >= 0.6 is 0 Å². The van der Waals surface area contributed by atoms with Crippen molar-refractivity contribution in [2.24, 2.45) is 11.5 Å². The van der Waals surface area contributed by atoms with Crippen LogP contribution in [0.1, 0.15) is 0 Å². The van der Waals surface area contributed by atoms with Crippen molar-refractivity contribution in [2.75, 3.05) is 0 Å². The summed E-state index contributed by atoms with van der Waals surface area (Å²) in [5, 5.41) is 9.73. The number of urea groups is 2. The maximum absolute atomic E-state index is 9.62. The lowest BCUT2D eigenvalue weighted by molar-refractivity contribution is 0.236. The van der Waals surface area contributed by atoms with Crippen molar-refractivity contribution < 1.29 is 9.59 Å². The lowest BCUT2D eigenvalue weighted by atomic mass is 9.95. The highest BCUT2D eigenvalue weighted by atomic mass is 16.2. The first-order valence-electron chi connectivity index (χ1n) is 7.04. The molecule has 4 aromatic rings. The molecule has 4 amide bonds. The van der Waals surface area contributed by atoms with Crippen LogP contribution in [-0.4, -0.2) is 12.1 Å². The summed E-state index contributed by atoms with van der Waals surface area (Å²) in [5.41, 5.74) is 8.88. The topological polar surface area (TPSA) is 98.2 Å². The maximum atomic E-state index is 9.62. The van der Waals surface area contributed by atoms with E-state index in [-0.39, 0.29) is 0 Å². The Balaban J connectivity index is 0.000000193. The molecule has 114 valence electrons. The largest absolute Gasteiger partial charge is 0.351 e. The second-order valence-electron chi connectivity index (χ2n) is 5.14. The highest BCUT2D eigenvalue weighted by molar-refractivity contribution is 6.22. The Morgan fingerprint density at radius 2 is 0.913 bits per heavy atom. The zero-order valence-corrected chi connectivity index (χ0v) is 12.2. The molecule has 0 unspecified atom stereocenters. The molecule has 5 heteroatoms. The third-order valence-electron chi connectivity index (χ3n) is 3.64. The van der Waals surface area contributed by atoms with Crippen LogP contribution in [0.3, 0.4) is 0 Å². The third-order valence-corrected chi connectivity index (χ3v) is 3.64. The van der Waals surface area contributed by atoms with Crippen molar-refractivity contribution in [3.63, 3.8) is 0 Å². The molecule has 0 saturated heterocycles. The van der Waals surface area contributed by atoms with Gasteiger partial charge in [0.25, 0.3) is 0 Å². The lowest BCUT2D eigenvalue weighted by Gasteiger charge is -2.09. The summed E-state index contributed by atoms with van der Waals surface area (Å²) in [6.45, 7) is 0. The Morgan fingerprint density at radius 3 is 1.13 bits per heavy atom. The molecule has 5 nitrogen and oxygen atoms in total. The summed E-state index contributed by atoms with van der Waals surface area (Å²) in [6, 6.07) is 20.0. The summed E-state index contributed by atoms with van der Waals surface area (Å²) in [4.78, 5) is 19.2. The van der Waals surface area contributed by atoms with Gasteiger partial charge in [0.15, 0.2) is 0 Å². The van der Waals surface area contributed by atoms with Gasteiger partial charge in [0, 0.05) is 0 Å². The molecule has 0 saturated carbocycles. The smallest absolute Gasteiger partial charge is 0.320 e. The average Bonchev–Trinajstić information content (AvgIpc) is 2.52. The zero-order valence-electron chi connectivity index (χ0n) is 12.2. The third kappa shape index (κ3) is 2.85. The number of amides is 4. The van der Waals surface area contributed by atoms with Crippen molar-refractivity contribution in [1.29, 1.82) is 0 Å². The Kier molecular flexibility index (Phi) is 3.68. The second kappa shape index (κ2) is 5.81. The monoisotopic (exact) mass is 305 g/mol. The van der Waals surface area contributed by atoms with E-state index in [1.165, 1.54) is 32.3 Å². The standard InChI is InChI=1S/C16H10.C2H5N3O2/c1-3-11-7-9-13-5-2-6-14-10-8-12(4-1)15(11)16(13)14;3-1(6)5-2(4)7/h1-10H;(H5,3,4,5,6,7). The molecule has 0 fully saturated rings. The van der Waals surface area contributed by atoms with Crippen LogP contribution in [0.5, 0.6) is 0 Å². The number of hydrogen-bond acceptors (Lipinski definition) is 2. The van der Waals surface area contributed by atoms with E-state index in [1.54, 1.807) is 5.32 Å². The van der Waals surface area contributed by atoms with Crippen molar-refractivity contribution in [1.82, 2.24) is 5.32 Å². The molecule has 0 aliphatic rings. The summed E-state index contributed by atoms with van der Waals surface area (Å²) in [6.07, 6.45) is 0. The van der Waals surface area contributed by atoms with Gasteiger partial charge in [-0.15, -0.1) is 0 Å². The number of benzene rings is 4. The Morgan fingerprint density at radius 1 is 0.609 bits per heavy atom. The Labute approximate surface area is 132 Å². The van der Waals surface area contributed by atoms with Crippen molar-refractivity contribution in [3.05, 3.63) is 60.7 Å². The highest BCUT2D eigenvalue weighted by Crippen LogP contribution is 2.33. The minimum absolute atomic E-state index is 0.937. The fourth-order valence-corrected chi connectivity index (χ4v) is 2.79. The van der Waals surface area contributed by atoms with Crippen molar-refractivity contribution in [3.8, 4) is 0 Å². The van der Waals surface area contributed by atoms with Crippen LogP contribution in [0.4, 0.5) is 9.59 Å². The van der Waals surface area contributed by atoms with Crippen LogP contribution in [0, 0.1) is 0 Å². The summed E-state index contributed by atoms with van der Waals surface area (Å²) >= 11 is 0. The van der Waals surface area contributed by atoms with Gasteiger partial charge in [-0.1, -0.05) is 60.7 Å². The number of rotatable bonds is 0. The van der Waals surface area contributed by atoms with E-state index in [0.29, 0.717) is 0 Å². The predicted octanol–water partition coefficient (Wildman–Crippen LogP) is 3.32. The van der Waals surface area contributed by atoms with Gasteiger partial charge in [-0.3, -0.25) is 5.32 Å². The second-order valence-corrected chi connectivity index (χ2v) is 5.14. The minimum Gasteiger partial charge on any atom is -0.351 e. The van der Waals surface area contributed by atoms with E-state index >= 15 is 0 Å². The number of imide groups is 1. The summed E-state index contributed by atoms with van der Waals surface area (Å²) in [5.74, 6) is 0. The molecule has 0 atom stereocenters. The molecule has 0 heterocycles. The number of nitrogens with one attached hydrogen (secondary N) is 1. The number of nitrogens with two attached hydrogens (primary N) is 2. The van der Waals surface area contributed by atoms with Gasteiger partial charge in [-0.2, -0.15) is 0 Å². The zero-order chi connectivity index (χ0) is 16.4. The number of carbonyl (C=O) groups is 2. The molecule has 4 rings (SSSR count). The molecule has 0 bridgehead atoms. The van der Waals surface area contributed by atoms with Gasteiger partial charge in [0.1, 0.15) is 0 Å². The van der Waals surface area contributed by atoms with E-state index in [2.05, 4.69) is 72.1 Å². The Hall–Kier alpha value is -3.34. The molecule has 23 heavy (non-hydrogen) atoms.